The van der Waals surface area contributed by atoms with Crippen molar-refractivity contribution in [3.63, 3.8) is 0 Å². The molecule has 58 heavy (non-hydrogen) atoms. The first kappa shape index (κ1) is 41.6. The molecule has 0 atom stereocenters. The van der Waals surface area contributed by atoms with E-state index in [9.17, 15) is 9.59 Å². The van der Waals surface area contributed by atoms with E-state index in [2.05, 4.69) is 19.9 Å². The molecule has 12 nitrogen and oxygen atoms in total. The van der Waals surface area contributed by atoms with Gasteiger partial charge >= 0.3 is 18.9 Å². The zero-order valence-electron chi connectivity index (χ0n) is 34.2. The van der Waals surface area contributed by atoms with Gasteiger partial charge in [-0.3, -0.25) is 18.7 Å². The van der Waals surface area contributed by atoms with Crippen LogP contribution in [0.4, 0.5) is 0 Å². The van der Waals surface area contributed by atoms with Gasteiger partial charge in [0.15, 0.2) is 0 Å². The van der Waals surface area contributed by atoms with Crippen LogP contribution in [-0.4, -0.2) is 58.9 Å². The Morgan fingerprint density at radius 1 is 0.690 bits per heavy atom. The molecule has 0 bridgehead atoms. The third-order valence-corrected chi connectivity index (χ3v) is 13.1. The maximum absolute atomic E-state index is 13.1. The minimum absolute atomic E-state index is 0. The van der Waals surface area contributed by atoms with Gasteiger partial charge in [0.05, 0.1) is 41.7 Å². The molecule has 3 aliphatic rings. The summed E-state index contributed by atoms with van der Waals surface area (Å²) >= 11 is 2.87. The van der Waals surface area contributed by atoms with Crippen molar-refractivity contribution in [3.8, 4) is 11.4 Å². The second-order valence-electron chi connectivity index (χ2n) is 14.6. The van der Waals surface area contributed by atoms with E-state index in [1.807, 2.05) is 74.9 Å². The van der Waals surface area contributed by atoms with Gasteiger partial charge < -0.3 is 20.5 Å². The third-order valence-electron chi connectivity index (χ3n) is 10.9. The molecule has 0 spiro atoms. The first-order valence-electron chi connectivity index (χ1n) is 20.0. The van der Waals surface area contributed by atoms with Crippen LogP contribution in [0.15, 0.2) is 95.8 Å². The predicted octanol–water partition coefficient (Wildman–Crippen LogP) is 6.75. The molecule has 0 radical (unpaired) electrons. The summed E-state index contributed by atoms with van der Waals surface area (Å²) in [7, 11) is 1.63. The van der Waals surface area contributed by atoms with Crippen molar-refractivity contribution in [2.24, 2.45) is 0 Å². The molecular weight excluding hydrogens is 764 g/mol. The van der Waals surface area contributed by atoms with E-state index < -0.39 is 0 Å². The average molecular weight is 813 g/mol. The monoisotopic (exact) mass is 812 g/mol. The fourth-order valence-corrected chi connectivity index (χ4v) is 10.1. The number of aromatic nitrogens is 8. The zero-order chi connectivity index (χ0) is 39.0. The first-order chi connectivity index (χ1) is 28.1. The third kappa shape index (κ3) is 9.01. The Labute approximate surface area is 358 Å². The summed E-state index contributed by atoms with van der Waals surface area (Å²) in [6.45, 7) is 2.00. The quantitative estimate of drug-likeness (QED) is 0.193. The SMILES string of the molecule is C1CCOC1.COc1ccnc2sc3c(=O)n(C4CCCCC4)cnc3c12.O=c1c2sc3nccc(-n4cccc4)c3c2ncn1C1CCCCC1.[H-].[Li+].c1cc[nH]c1. The fourth-order valence-electron chi connectivity index (χ4n) is 7.99. The number of pyridine rings is 2. The molecule has 0 aromatic carbocycles. The van der Waals surface area contributed by atoms with Crippen LogP contribution in [0.3, 0.4) is 0 Å². The van der Waals surface area contributed by atoms with Gasteiger partial charge in [-0.1, -0.05) is 38.5 Å². The Morgan fingerprint density at radius 2 is 1.21 bits per heavy atom. The molecule has 0 unspecified atom stereocenters. The van der Waals surface area contributed by atoms with Crippen LogP contribution in [0.25, 0.3) is 46.6 Å². The van der Waals surface area contributed by atoms with Gasteiger partial charge in [0.1, 0.15) is 30.3 Å². The van der Waals surface area contributed by atoms with Crippen molar-refractivity contribution >= 4 is 63.5 Å². The molecule has 8 aromatic rings. The topological polar surface area (TPSA) is 135 Å². The van der Waals surface area contributed by atoms with E-state index in [-0.39, 0.29) is 31.4 Å². The molecule has 1 N–H and O–H groups in total. The molecule has 2 aliphatic carbocycles. The van der Waals surface area contributed by atoms with Gasteiger partial charge in [-0.2, -0.15) is 0 Å². The summed E-state index contributed by atoms with van der Waals surface area (Å²) in [5.41, 5.74) is 2.64. The molecule has 1 aliphatic heterocycles. The van der Waals surface area contributed by atoms with Crippen molar-refractivity contribution in [1.82, 2.24) is 38.6 Å². The minimum Gasteiger partial charge on any atom is -1.00 e. The van der Waals surface area contributed by atoms with Crippen LogP contribution in [-0.2, 0) is 4.74 Å². The van der Waals surface area contributed by atoms with Gasteiger partial charge in [-0.15, -0.1) is 22.7 Å². The average Bonchev–Trinajstić information content (AvgIpc) is 4.12. The second-order valence-corrected chi connectivity index (χ2v) is 16.6. The number of rotatable bonds is 4. The van der Waals surface area contributed by atoms with E-state index in [4.69, 9.17) is 14.5 Å². The van der Waals surface area contributed by atoms with Crippen LogP contribution in [0, 0.1) is 0 Å². The smallest absolute Gasteiger partial charge is 1.00 e. The summed E-state index contributed by atoms with van der Waals surface area (Å²) < 4.78 is 17.5. The molecule has 1 saturated heterocycles. The normalized spacial score (nSPS) is 15.9. The van der Waals surface area contributed by atoms with E-state index in [0.717, 1.165) is 81.0 Å². The number of aromatic amines is 1. The van der Waals surface area contributed by atoms with Crippen LogP contribution in [0.1, 0.15) is 90.6 Å². The Hall–Kier alpha value is -4.58. The number of nitrogens with zero attached hydrogens (tertiary/aromatic N) is 7. The van der Waals surface area contributed by atoms with Gasteiger partial charge in [0.25, 0.3) is 11.1 Å². The second kappa shape index (κ2) is 19.9. The Kier molecular flexibility index (Phi) is 14.3. The number of hydrogen-bond donors (Lipinski definition) is 1. The molecule has 9 heterocycles. The number of nitrogens with one attached hydrogen (secondary N) is 1. The number of H-pyrrole nitrogens is 1. The van der Waals surface area contributed by atoms with Crippen molar-refractivity contribution in [2.75, 3.05) is 20.3 Å². The van der Waals surface area contributed by atoms with Gasteiger partial charge in [-0.05, 0) is 74.9 Å². The molecular formula is C43H49LiN8O4S2. The summed E-state index contributed by atoms with van der Waals surface area (Å²) in [5, 5.41) is 1.81. The van der Waals surface area contributed by atoms with E-state index in [1.54, 1.807) is 32.2 Å². The Bertz CT molecular complexity index is 2620. The summed E-state index contributed by atoms with van der Waals surface area (Å²) in [6.07, 6.45) is 28.9. The summed E-state index contributed by atoms with van der Waals surface area (Å²) in [5.74, 6) is 0.721. The number of ether oxygens (including phenoxy) is 2. The van der Waals surface area contributed by atoms with Crippen molar-refractivity contribution in [2.45, 2.75) is 89.1 Å². The van der Waals surface area contributed by atoms with Crippen molar-refractivity contribution in [1.29, 1.82) is 0 Å². The minimum atomic E-state index is 0. The Morgan fingerprint density at radius 3 is 1.69 bits per heavy atom. The van der Waals surface area contributed by atoms with Gasteiger partial charge in [0, 0.05) is 62.5 Å². The number of thiophene rings is 2. The van der Waals surface area contributed by atoms with Gasteiger partial charge in [0.2, 0.25) is 0 Å². The molecule has 2 saturated carbocycles. The van der Waals surface area contributed by atoms with E-state index >= 15 is 0 Å². The standard InChI is InChI=1S/C19H18N4OS.C16H17N3O2S.C4H5N.C4H8O.Li.H/c24-19-17-16(21-12-23(19)13-6-2-1-3-7-13)15-14(22-10-4-5-11-22)8-9-20-18(15)25-17;1-21-11-7-8-17-15-12(11)13-14(22-15)16(20)19(9-18-13)10-5-3-2-4-6-10;2*1-2-4-5-3-1;;/h4-5,8-13H,1-3,6-7H2;7-10H,2-6H2,1H3;1-5H;1-4H2;;/q;;;;+1;-1. The van der Waals surface area contributed by atoms with Crippen LogP contribution in [0.5, 0.6) is 5.75 Å². The summed E-state index contributed by atoms with van der Waals surface area (Å²) in [6, 6.07) is 12.2. The summed E-state index contributed by atoms with van der Waals surface area (Å²) in [4.78, 5) is 48.6. The fraction of sp³-hybridized carbons (Fsp3) is 0.395. The molecule has 11 rings (SSSR count). The molecule has 8 aromatic heterocycles. The maximum atomic E-state index is 13.1. The number of methoxy groups -OCH3 is 1. The Balaban J connectivity index is 0.000000157. The van der Waals surface area contributed by atoms with E-state index in [1.165, 1.54) is 74.0 Å². The van der Waals surface area contributed by atoms with E-state index in [0.29, 0.717) is 22.3 Å². The number of hydrogen-bond acceptors (Lipinski definition) is 10. The molecule has 0 amide bonds. The van der Waals surface area contributed by atoms with Crippen LogP contribution < -0.4 is 34.7 Å². The maximum Gasteiger partial charge on any atom is 1.00 e. The van der Waals surface area contributed by atoms with Crippen molar-refractivity contribution in [3.05, 3.63) is 107 Å². The van der Waals surface area contributed by atoms with Crippen LogP contribution >= 0.6 is 22.7 Å². The molecule has 3 fully saturated rings. The largest absolute Gasteiger partial charge is 1.00 e. The zero-order valence-corrected chi connectivity index (χ0v) is 34.9. The van der Waals surface area contributed by atoms with Gasteiger partial charge in [-0.25, -0.2) is 19.9 Å². The number of fused-ring (bicyclic) bond motifs is 6. The predicted molar refractivity (Wildman–Crippen MR) is 230 cm³/mol. The first-order valence-corrected chi connectivity index (χ1v) is 21.6. The van der Waals surface area contributed by atoms with Crippen LogP contribution in [0.2, 0.25) is 0 Å². The van der Waals surface area contributed by atoms with Crippen molar-refractivity contribution < 1.29 is 29.8 Å². The molecule has 298 valence electrons. The molecule has 15 heteroatoms.